The first-order valence-corrected chi connectivity index (χ1v) is 3.82. The van der Waals surface area contributed by atoms with Crippen molar-refractivity contribution in [2.75, 3.05) is 0 Å². The monoisotopic (exact) mass is 173 g/mol. The zero-order chi connectivity index (χ0) is 8.01. The smallest absolute Gasteiger partial charge is 0.205 e. The second-order valence-electron chi connectivity index (χ2n) is 2.15. The van der Waals surface area contributed by atoms with Crippen LogP contribution in [0.15, 0.2) is 16.3 Å². The third-order valence-electron chi connectivity index (χ3n) is 1.46. The van der Waals surface area contributed by atoms with E-state index in [-0.39, 0.29) is 0 Å². The number of thioether (sulfide) groups is 1. The molecule has 0 fully saturated rings. The number of fused-ring (bicyclic) bond motifs is 1. The van der Waals surface area contributed by atoms with E-state index in [2.05, 4.69) is 5.10 Å². The summed E-state index contributed by atoms with van der Waals surface area (Å²) in [7, 11) is 0. The zero-order valence-corrected chi connectivity index (χ0v) is 6.32. The molecule has 1 atom stereocenters. The second kappa shape index (κ2) is 2.03. The van der Waals surface area contributed by atoms with Gasteiger partial charge in [0.05, 0.1) is 0 Å². The van der Waals surface area contributed by atoms with E-state index in [1.807, 2.05) is 0 Å². The van der Waals surface area contributed by atoms with Gasteiger partial charge < -0.3 is 5.73 Å². The van der Waals surface area contributed by atoms with Crippen molar-refractivity contribution in [1.82, 2.24) is 10.1 Å². The predicted molar refractivity (Wildman–Crippen MR) is 40.7 cm³/mol. The highest BCUT2D eigenvalue weighted by Gasteiger charge is 2.35. The number of hydrazone groups is 1. The zero-order valence-electron chi connectivity index (χ0n) is 5.51. The quantitative estimate of drug-likeness (QED) is 0.435. The molecule has 2 rings (SSSR count). The van der Waals surface area contributed by atoms with Gasteiger partial charge in [0.25, 0.3) is 0 Å². The Kier molecular flexibility index (Phi) is 1.25. The van der Waals surface area contributed by atoms with E-state index in [4.69, 9.17) is 16.7 Å². The number of hydroxylamine groups is 1. The Hall–Kier alpha value is -0.920. The Bertz CT molecular complexity index is 251. The molecular formula is C4H7N5OS. The van der Waals surface area contributed by atoms with Crippen molar-refractivity contribution in [2.45, 2.75) is 6.29 Å². The van der Waals surface area contributed by atoms with Crippen molar-refractivity contribution >= 4 is 16.9 Å². The molecule has 6 nitrogen and oxygen atoms in total. The molecule has 1 unspecified atom stereocenters. The summed E-state index contributed by atoms with van der Waals surface area (Å²) in [5, 5.41) is 15.7. The minimum Gasteiger partial charge on any atom is -0.385 e. The maximum Gasteiger partial charge on any atom is 0.205 e. The highest BCUT2D eigenvalue weighted by molar-refractivity contribution is 8.16. The van der Waals surface area contributed by atoms with Gasteiger partial charge in [0.1, 0.15) is 5.82 Å². The van der Waals surface area contributed by atoms with Crippen LogP contribution >= 0.6 is 11.8 Å². The minimum atomic E-state index is -0.684. The Labute approximate surface area is 67.1 Å². The molecule has 0 aromatic rings. The van der Waals surface area contributed by atoms with Gasteiger partial charge in [0.2, 0.25) is 6.29 Å². The molecule has 2 aliphatic heterocycles. The summed E-state index contributed by atoms with van der Waals surface area (Å²) < 4.78 is 0. The average Bonchev–Trinajstić information content (AvgIpc) is 2.41. The molecule has 2 heterocycles. The van der Waals surface area contributed by atoms with Gasteiger partial charge in [-0.15, -0.1) is 10.3 Å². The van der Waals surface area contributed by atoms with Crippen LogP contribution in [0, 0.1) is 0 Å². The Balaban J connectivity index is 2.30. The van der Waals surface area contributed by atoms with Crippen LogP contribution in [0.1, 0.15) is 0 Å². The molecule has 7 heteroatoms. The average molecular weight is 173 g/mol. The summed E-state index contributed by atoms with van der Waals surface area (Å²) in [6.07, 6.45) is -0.684. The Morgan fingerprint density at radius 1 is 1.73 bits per heavy atom. The number of amidine groups is 1. The van der Waals surface area contributed by atoms with Crippen LogP contribution < -0.4 is 11.5 Å². The lowest BCUT2D eigenvalue weighted by molar-refractivity contribution is -0.135. The molecule has 2 aliphatic rings. The summed E-state index contributed by atoms with van der Waals surface area (Å²) >= 11 is 1.34. The van der Waals surface area contributed by atoms with Crippen molar-refractivity contribution in [2.24, 2.45) is 16.6 Å². The van der Waals surface area contributed by atoms with Crippen LogP contribution in [0.4, 0.5) is 0 Å². The molecular weight excluding hydrogens is 166 g/mol. The fourth-order valence-electron chi connectivity index (χ4n) is 0.925. The fourth-order valence-corrected chi connectivity index (χ4v) is 1.72. The van der Waals surface area contributed by atoms with Crippen LogP contribution in [0.25, 0.3) is 0 Å². The van der Waals surface area contributed by atoms with Gasteiger partial charge >= 0.3 is 0 Å². The maximum atomic E-state index is 9.00. The fraction of sp³-hybridized carbons (Fsp3) is 0.250. The first-order valence-electron chi connectivity index (χ1n) is 2.94. The second-order valence-corrected chi connectivity index (χ2v) is 2.98. The molecule has 5 N–H and O–H groups in total. The molecule has 0 bridgehead atoms. The lowest BCUT2D eigenvalue weighted by atomic mass is 10.6. The van der Waals surface area contributed by atoms with Crippen molar-refractivity contribution in [1.29, 1.82) is 0 Å². The van der Waals surface area contributed by atoms with Crippen LogP contribution in [0.2, 0.25) is 0 Å². The van der Waals surface area contributed by atoms with E-state index < -0.39 is 6.29 Å². The third kappa shape index (κ3) is 0.785. The molecule has 0 amide bonds. The lowest BCUT2D eigenvalue weighted by Gasteiger charge is -2.20. The molecule has 0 saturated carbocycles. The largest absolute Gasteiger partial charge is 0.385 e. The van der Waals surface area contributed by atoms with E-state index in [1.165, 1.54) is 11.8 Å². The van der Waals surface area contributed by atoms with E-state index in [0.717, 1.165) is 0 Å². The maximum absolute atomic E-state index is 9.00. The van der Waals surface area contributed by atoms with Crippen LogP contribution in [-0.4, -0.2) is 26.7 Å². The first-order chi connectivity index (χ1) is 5.20. The van der Waals surface area contributed by atoms with Crippen molar-refractivity contribution < 1.29 is 5.21 Å². The van der Waals surface area contributed by atoms with Gasteiger partial charge in [0, 0.05) is 5.41 Å². The van der Waals surface area contributed by atoms with Gasteiger partial charge in [-0.25, -0.2) is 0 Å². The third-order valence-corrected chi connectivity index (χ3v) is 2.31. The first kappa shape index (κ1) is 6.77. The van der Waals surface area contributed by atoms with Crippen LogP contribution in [-0.2, 0) is 0 Å². The lowest BCUT2D eigenvalue weighted by Crippen LogP contribution is -2.46. The number of hydrogen-bond acceptors (Lipinski definition) is 7. The van der Waals surface area contributed by atoms with Crippen LogP contribution in [0.5, 0.6) is 0 Å². The predicted octanol–water partition coefficient (Wildman–Crippen LogP) is -0.989. The molecule has 0 radical (unpaired) electrons. The van der Waals surface area contributed by atoms with Gasteiger partial charge in [-0.1, -0.05) is 11.8 Å². The highest BCUT2D eigenvalue weighted by Crippen LogP contribution is 2.29. The minimum absolute atomic E-state index is 0.512. The van der Waals surface area contributed by atoms with E-state index in [0.29, 0.717) is 16.2 Å². The summed E-state index contributed by atoms with van der Waals surface area (Å²) in [5.74, 6) is 0.512. The molecule has 0 spiro atoms. The SMILES string of the molecule is NC1=CSC2=NN(O)C(N)N12. The molecule has 0 aromatic carbocycles. The highest BCUT2D eigenvalue weighted by atomic mass is 32.2. The van der Waals surface area contributed by atoms with Gasteiger partial charge in [-0.3, -0.25) is 15.8 Å². The van der Waals surface area contributed by atoms with Crippen molar-refractivity contribution in [3.63, 3.8) is 0 Å². The summed E-state index contributed by atoms with van der Waals surface area (Å²) in [4.78, 5) is 1.55. The molecule has 11 heavy (non-hydrogen) atoms. The van der Waals surface area contributed by atoms with Crippen molar-refractivity contribution in [3.05, 3.63) is 11.2 Å². The summed E-state index contributed by atoms with van der Waals surface area (Å²) in [5.41, 5.74) is 11.0. The van der Waals surface area contributed by atoms with Gasteiger partial charge in [0.15, 0.2) is 5.17 Å². The van der Waals surface area contributed by atoms with E-state index >= 15 is 0 Å². The standard InChI is InChI=1S/C4H7N5OS/c5-2-1-11-4-7-9(10)3(6)8(2)4/h1,3,10H,5-6H2. The summed E-state index contributed by atoms with van der Waals surface area (Å²) in [6.45, 7) is 0. The van der Waals surface area contributed by atoms with Gasteiger partial charge in [-0.05, 0) is 0 Å². The van der Waals surface area contributed by atoms with E-state index in [1.54, 1.807) is 10.3 Å². The molecule has 60 valence electrons. The van der Waals surface area contributed by atoms with Gasteiger partial charge in [-0.2, -0.15) is 0 Å². The number of hydrogen-bond donors (Lipinski definition) is 3. The number of rotatable bonds is 0. The van der Waals surface area contributed by atoms with Crippen molar-refractivity contribution in [3.8, 4) is 0 Å². The Morgan fingerprint density at radius 2 is 2.45 bits per heavy atom. The molecule has 0 aliphatic carbocycles. The number of nitrogens with two attached hydrogens (primary N) is 2. The number of nitrogens with zero attached hydrogens (tertiary/aromatic N) is 3. The van der Waals surface area contributed by atoms with E-state index in [9.17, 15) is 0 Å². The Morgan fingerprint density at radius 3 is 3.09 bits per heavy atom. The topological polar surface area (TPSA) is 91.1 Å². The summed E-state index contributed by atoms with van der Waals surface area (Å²) in [6, 6.07) is 0. The normalized spacial score (nSPS) is 28.7. The molecule has 0 aromatic heterocycles. The van der Waals surface area contributed by atoms with Crippen LogP contribution in [0.3, 0.4) is 0 Å². The molecule has 0 saturated heterocycles.